The molecule has 8 nitrogen and oxygen atoms in total. The molecule has 1 aliphatic rings. The van der Waals surface area contributed by atoms with E-state index in [1.807, 2.05) is 24.3 Å². The van der Waals surface area contributed by atoms with Gasteiger partial charge in [0.15, 0.2) is 5.75 Å². The van der Waals surface area contributed by atoms with E-state index in [0.29, 0.717) is 35.1 Å². The molecule has 0 aliphatic carbocycles. The van der Waals surface area contributed by atoms with Crippen LogP contribution < -0.4 is 14.8 Å². The molecule has 1 fully saturated rings. The van der Waals surface area contributed by atoms with Gasteiger partial charge in [0, 0.05) is 18.4 Å². The summed E-state index contributed by atoms with van der Waals surface area (Å²) in [5.74, 6) is 3.35. The second-order valence-electron chi connectivity index (χ2n) is 8.91. The smallest absolute Gasteiger partial charge is 0.240 e. The van der Waals surface area contributed by atoms with Gasteiger partial charge in [-0.3, -0.25) is 0 Å². The van der Waals surface area contributed by atoms with Crippen molar-refractivity contribution in [1.82, 2.24) is 25.4 Å². The minimum absolute atomic E-state index is 0.167. The van der Waals surface area contributed by atoms with Gasteiger partial charge in [-0.15, -0.1) is 0 Å². The molecular formula is C26H27N5O3. The van der Waals surface area contributed by atoms with Gasteiger partial charge in [0.1, 0.15) is 18.1 Å². The molecule has 0 radical (unpaired) electrons. The second-order valence-corrected chi connectivity index (χ2v) is 8.91. The topological polar surface area (TPSA) is 95.2 Å². The van der Waals surface area contributed by atoms with Crippen molar-refractivity contribution in [3.8, 4) is 28.9 Å². The minimum Gasteiger partial charge on any atom is -0.492 e. The first-order valence-electron chi connectivity index (χ1n) is 11.4. The summed E-state index contributed by atoms with van der Waals surface area (Å²) in [5.41, 5.74) is 2.24. The summed E-state index contributed by atoms with van der Waals surface area (Å²) in [6, 6.07) is 16.9. The first kappa shape index (κ1) is 22.0. The highest BCUT2D eigenvalue weighted by atomic mass is 16.5. The van der Waals surface area contributed by atoms with E-state index in [2.05, 4.69) is 63.5 Å². The van der Waals surface area contributed by atoms with E-state index in [9.17, 15) is 0 Å². The Kier molecular flexibility index (Phi) is 5.98. The molecule has 0 saturated carbocycles. The molecule has 174 valence electrons. The van der Waals surface area contributed by atoms with Gasteiger partial charge in [-0.05, 0) is 48.4 Å². The highest BCUT2D eigenvalue weighted by molar-refractivity contribution is 5.44. The second kappa shape index (κ2) is 9.23. The summed E-state index contributed by atoms with van der Waals surface area (Å²) >= 11 is 0. The number of benzene rings is 2. The molecule has 34 heavy (non-hydrogen) atoms. The molecular weight excluding hydrogens is 430 g/mol. The maximum Gasteiger partial charge on any atom is 0.240 e. The van der Waals surface area contributed by atoms with Gasteiger partial charge in [-0.1, -0.05) is 43.3 Å². The van der Waals surface area contributed by atoms with Crippen LogP contribution in [0, 0.1) is 6.92 Å². The summed E-state index contributed by atoms with van der Waals surface area (Å²) in [7, 11) is 0. The molecule has 1 aliphatic heterocycles. The van der Waals surface area contributed by atoms with E-state index in [0.717, 1.165) is 18.9 Å². The van der Waals surface area contributed by atoms with E-state index < -0.39 is 0 Å². The zero-order chi connectivity index (χ0) is 23.5. The molecule has 4 aromatic rings. The van der Waals surface area contributed by atoms with Crippen LogP contribution in [0.1, 0.15) is 37.3 Å². The number of hydrogen-bond donors (Lipinski definition) is 1. The summed E-state index contributed by atoms with van der Waals surface area (Å²) < 4.78 is 16.8. The Labute approximate surface area is 198 Å². The van der Waals surface area contributed by atoms with Crippen LogP contribution in [-0.4, -0.2) is 39.3 Å². The molecule has 8 heteroatoms. The maximum atomic E-state index is 5.91. The van der Waals surface area contributed by atoms with E-state index in [4.69, 9.17) is 14.0 Å². The van der Waals surface area contributed by atoms with Gasteiger partial charge >= 0.3 is 0 Å². The number of nitrogens with one attached hydrogen (secondary N) is 1. The van der Waals surface area contributed by atoms with Crippen LogP contribution in [0.3, 0.4) is 0 Å². The molecule has 5 rings (SSSR count). The van der Waals surface area contributed by atoms with Crippen molar-refractivity contribution in [2.75, 3.05) is 13.2 Å². The van der Waals surface area contributed by atoms with Crippen LogP contribution in [0.4, 0.5) is 0 Å². The molecule has 0 spiro atoms. The Morgan fingerprint density at radius 3 is 2.06 bits per heavy atom. The zero-order valence-corrected chi connectivity index (χ0v) is 19.5. The summed E-state index contributed by atoms with van der Waals surface area (Å²) in [6.07, 6.45) is 4.37. The highest BCUT2D eigenvalue weighted by Crippen LogP contribution is 2.34. The molecule has 1 N–H and O–H groups in total. The largest absolute Gasteiger partial charge is 0.492 e. The Balaban J connectivity index is 1.23. The van der Waals surface area contributed by atoms with Gasteiger partial charge in [-0.25, -0.2) is 9.97 Å². The highest BCUT2D eigenvalue weighted by Gasteiger charge is 2.23. The number of aryl methyl sites for hydroxylation is 1. The molecule has 3 heterocycles. The molecule has 0 amide bonds. The van der Waals surface area contributed by atoms with E-state index in [1.54, 1.807) is 19.3 Å². The average Bonchev–Trinajstić information content (AvgIpc) is 3.25. The van der Waals surface area contributed by atoms with Crippen LogP contribution in [0.25, 0.3) is 11.6 Å². The SMILES string of the molecule is Cc1nc(-c2ncc(Oc3ccc(C(C)(C)c4ccc(OCC5CCN5)cc4)cc3)cn2)no1. The molecule has 1 saturated heterocycles. The zero-order valence-electron chi connectivity index (χ0n) is 19.5. The van der Waals surface area contributed by atoms with Crippen molar-refractivity contribution < 1.29 is 14.0 Å². The van der Waals surface area contributed by atoms with Gasteiger partial charge in [-0.2, -0.15) is 4.98 Å². The predicted molar refractivity (Wildman–Crippen MR) is 127 cm³/mol. The Hall–Kier alpha value is -3.78. The maximum absolute atomic E-state index is 5.91. The minimum atomic E-state index is -0.167. The normalized spacial score (nSPS) is 15.6. The molecule has 1 unspecified atom stereocenters. The lowest BCUT2D eigenvalue weighted by molar-refractivity contribution is 0.217. The van der Waals surface area contributed by atoms with Crippen molar-refractivity contribution in [3.63, 3.8) is 0 Å². The van der Waals surface area contributed by atoms with Crippen LogP contribution in [0.5, 0.6) is 17.2 Å². The quantitative estimate of drug-likeness (QED) is 0.407. The van der Waals surface area contributed by atoms with E-state index in [1.165, 1.54) is 17.5 Å². The third-order valence-corrected chi connectivity index (χ3v) is 6.12. The summed E-state index contributed by atoms with van der Waals surface area (Å²) in [4.78, 5) is 12.6. The Morgan fingerprint density at radius 2 is 1.53 bits per heavy atom. The molecule has 0 bridgehead atoms. The average molecular weight is 458 g/mol. The van der Waals surface area contributed by atoms with Crippen molar-refractivity contribution in [1.29, 1.82) is 0 Å². The number of ether oxygens (including phenoxy) is 2. The van der Waals surface area contributed by atoms with E-state index in [-0.39, 0.29) is 5.41 Å². The lowest BCUT2D eigenvalue weighted by Crippen LogP contribution is -2.46. The lowest BCUT2D eigenvalue weighted by Gasteiger charge is -2.28. The number of hydrogen-bond acceptors (Lipinski definition) is 8. The van der Waals surface area contributed by atoms with Crippen molar-refractivity contribution in [2.24, 2.45) is 0 Å². The molecule has 2 aromatic heterocycles. The lowest BCUT2D eigenvalue weighted by atomic mass is 9.78. The predicted octanol–water partition coefficient (Wildman–Crippen LogP) is 4.69. The fraction of sp³-hybridized carbons (Fsp3) is 0.308. The first-order chi connectivity index (χ1) is 16.5. The summed E-state index contributed by atoms with van der Waals surface area (Å²) in [5, 5.41) is 7.17. The first-order valence-corrected chi connectivity index (χ1v) is 11.4. The van der Waals surface area contributed by atoms with Crippen molar-refractivity contribution >= 4 is 0 Å². The fourth-order valence-corrected chi connectivity index (χ4v) is 3.77. The number of rotatable bonds is 8. The molecule has 1 atom stereocenters. The molecule has 2 aromatic carbocycles. The number of aromatic nitrogens is 4. The third kappa shape index (κ3) is 4.77. The Morgan fingerprint density at radius 1 is 0.912 bits per heavy atom. The van der Waals surface area contributed by atoms with Crippen molar-refractivity contribution in [3.05, 3.63) is 77.9 Å². The number of nitrogens with zero attached hydrogens (tertiary/aromatic N) is 4. The van der Waals surface area contributed by atoms with Gasteiger partial charge in [0.25, 0.3) is 0 Å². The van der Waals surface area contributed by atoms with E-state index >= 15 is 0 Å². The Bertz CT molecular complexity index is 1230. The fourth-order valence-electron chi connectivity index (χ4n) is 3.77. The standard InChI is InChI=1S/C26H27N5O3/c1-17-30-25(31-34-17)24-28-14-23(15-29-24)33-22-10-6-19(7-11-22)26(2,3)18-4-8-21(9-5-18)32-16-20-12-13-27-20/h4-11,14-15,20,27H,12-13,16H2,1-3H3. The third-order valence-electron chi connectivity index (χ3n) is 6.12. The van der Waals surface area contributed by atoms with Crippen LogP contribution in [0.2, 0.25) is 0 Å². The van der Waals surface area contributed by atoms with Gasteiger partial charge in [0.05, 0.1) is 12.4 Å². The monoisotopic (exact) mass is 457 g/mol. The summed E-state index contributed by atoms with van der Waals surface area (Å²) in [6.45, 7) is 7.95. The van der Waals surface area contributed by atoms with Crippen LogP contribution in [0.15, 0.2) is 65.4 Å². The van der Waals surface area contributed by atoms with Crippen molar-refractivity contribution in [2.45, 2.75) is 38.6 Å². The van der Waals surface area contributed by atoms with Gasteiger partial charge < -0.3 is 19.3 Å². The van der Waals surface area contributed by atoms with Crippen LogP contribution in [-0.2, 0) is 5.41 Å². The van der Waals surface area contributed by atoms with Gasteiger partial charge in [0.2, 0.25) is 17.5 Å². The van der Waals surface area contributed by atoms with Crippen LogP contribution >= 0.6 is 0 Å².